The summed E-state index contributed by atoms with van der Waals surface area (Å²) in [5, 5.41) is 5.37. The normalized spacial score (nSPS) is 20.9. The van der Waals surface area contributed by atoms with Gasteiger partial charge in [0.1, 0.15) is 6.04 Å². The molecule has 0 spiro atoms. The van der Waals surface area contributed by atoms with Gasteiger partial charge in [-0.05, 0) is 27.4 Å². The Bertz CT molecular complexity index is 421. The van der Waals surface area contributed by atoms with E-state index in [1.54, 1.807) is 16.2 Å². The predicted molar refractivity (Wildman–Crippen MR) is 77.8 cm³/mol. The Morgan fingerprint density at radius 3 is 3.06 bits per heavy atom. The zero-order valence-corrected chi connectivity index (χ0v) is 13.1. The average molecular weight is 332 g/mol. The maximum Gasteiger partial charge on any atom is 0.240 e. The Hall–Kier alpha value is -0.430. The second-order valence-corrected chi connectivity index (χ2v) is 6.47. The molecule has 0 aromatic carbocycles. The number of halogens is 1. The Kier molecular flexibility index (Phi) is 4.77. The molecule has 1 N–H and O–H groups in total. The van der Waals surface area contributed by atoms with Crippen molar-refractivity contribution in [1.82, 2.24) is 15.1 Å². The molecule has 1 aliphatic rings. The number of rotatable bonds is 3. The summed E-state index contributed by atoms with van der Waals surface area (Å²) in [4.78, 5) is 17.4. The lowest BCUT2D eigenvalue weighted by Gasteiger charge is -2.36. The van der Waals surface area contributed by atoms with Crippen LogP contribution in [0.2, 0.25) is 0 Å². The maximum atomic E-state index is 12.2. The number of thiophene rings is 1. The minimum Gasteiger partial charge on any atom is -0.347 e. The van der Waals surface area contributed by atoms with Gasteiger partial charge in [0, 0.05) is 49.6 Å². The molecule has 1 aliphatic heterocycles. The monoisotopic (exact) mass is 331 g/mol. The van der Waals surface area contributed by atoms with Gasteiger partial charge in [-0.1, -0.05) is 0 Å². The van der Waals surface area contributed by atoms with E-state index in [0.717, 1.165) is 30.7 Å². The average Bonchev–Trinajstić information content (AvgIpc) is 2.75. The molecule has 0 radical (unpaired) electrons. The van der Waals surface area contributed by atoms with Gasteiger partial charge >= 0.3 is 0 Å². The molecule has 2 heterocycles. The van der Waals surface area contributed by atoms with Gasteiger partial charge in [-0.3, -0.25) is 9.69 Å². The second-order valence-electron chi connectivity index (χ2n) is 4.61. The minimum atomic E-state index is -0.0530. The van der Waals surface area contributed by atoms with Crippen molar-refractivity contribution < 1.29 is 4.79 Å². The second kappa shape index (κ2) is 6.14. The highest BCUT2D eigenvalue weighted by molar-refractivity contribution is 9.10. The molecular formula is C12H18BrN3OS. The van der Waals surface area contributed by atoms with E-state index >= 15 is 0 Å². The van der Waals surface area contributed by atoms with Gasteiger partial charge < -0.3 is 10.2 Å². The molecule has 1 fully saturated rings. The molecule has 2 rings (SSSR count). The van der Waals surface area contributed by atoms with Crippen LogP contribution in [0.5, 0.6) is 0 Å². The molecule has 1 amide bonds. The topological polar surface area (TPSA) is 35.6 Å². The van der Waals surface area contributed by atoms with Crippen molar-refractivity contribution in [2.45, 2.75) is 12.6 Å². The summed E-state index contributed by atoms with van der Waals surface area (Å²) in [5.41, 5.74) is 0. The van der Waals surface area contributed by atoms with Crippen molar-refractivity contribution in [3.8, 4) is 0 Å². The molecule has 6 heteroatoms. The third-order valence-electron chi connectivity index (χ3n) is 3.12. The fraction of sp³-hybridized carbons (Fsp3) is 0.583. The Morgan fingerprint density at radius 2 is 2.44 bits per heavy atom. The lowest BCUT2D eigenvalue weighted by Crippen LogP contribution is -2.57. The summed E-state index contributed by atoms with van der Waals surface area (Å²) in [5.74, 6) is 0.176. The summed E-state index contributed by atoms with van der Waals surface area (Å²) in [6.45, 7) is 3.43. The van der Waals surface area contributed by atoms with Gasteiger partial charge in [0.05, 0.1) is 0 Å². The molecule has 1 unspecified atom stereocenters. The molecule has 4 nitrogen and oxygen atoms in total. The highest BCUT2D eigenvalue weighted by Gasteiger charge is 2.30. The summed E-state index contributed by atoms with van der Waals surface area (Å²) in [6.07, 6.45) is 0. The van der Waals surface area contributed by atoms with E-state index in [2.05, 4.69) is 37.6 Å². The standard InChI is InChI=1S/C12H18BrN3OS/c1-15(2)12(17)10-7-14-4-5-16(10)8-11-9(13)3-6-18-11/h3,6,10,14H,4-5,7-8H2,1-2H3. The van der Waals surface area contributed by atoms with Gasteiger partial charge in [-0.25, -0.2) is 0 Å². The van der Waals surface area contributed by atoms with Crippen molar-refractivity contribution in [3.63, 3.8) is 0 Å². The number of piperazine rings is 1. The van der Waals surface area contributed by atoms with Gasteiger partial charge in [-0.2, -0.15) is 0 Å². The van der Waals surface area contributed by atoms with E-state index in [0.29, 0.717) is 0 Å². The van der Waals surface area contributed by atoms with E-state index in [1.807, 2.05) is 14.1 Å². The van der Waals surface area contributed by atoms with Crippen LogP contribution in [-0.2, 0) is 11.3 Å². The number of hydrogen-bond acceptors (Lipinski definition) is 4. The summed E-state index contributed by atoms with van der Waals surface area (Å²) in [7, 11) is 3.63. The SMILES string of the molecule is CN(C)C(=O)C1CNCCN1Cc1sccc1Br. The number of nitrogens with one attached hydrogen (secondary N) is 1. The molecular weight excluding hydrogens is 314 g/mol. The van der Waals surface area contributed by atoms with Crippen molar-refractivity contribution in [2.24, 2.45) is 0 Å². The predicted octanol–water partition coefficient (Wildman–Crippen LogP) is 1.37. The van der Waals surface area contributed by atoms with Crippen LogP contribution in [0.1, 0.15) is 4.88 Å². The first kappa shape index (κ1) is 14.0. The number of carbonyl (C=O) groups excluding carboxylic acids is 1. The van der Waals surface area contributed by atoms with Gasteiger partial charge in [-0.15, -0.1) is 11.3 Å². The van der Waals surface area contributed by atoms with Crippen LogP contribution >= 0.6 is 27.3 Å². The third-order valence-corrected chi connectivity index (χ3v) is 5.03. The van der Waals surface area contributed by atoms with E-state index in [1.165, 1.54) is 4.88 Å². The van der Waals surface area contributed by atoms with Crippen LogP contribution in [-0.4, -0.2) is 55.5 Å². The first-order valence-electron chi connectivity index (χ1n) is 5.97. The van der Waals surface area contributed by atoms with Crippen LogP contribution < -0.4 is 5.32 Å². The van der Waals surface area contributed by atoms with Crippen molar-refractivity contribution >= 4 is 33.2 Å². The van der Waals surface area contributed by atoms with Crippen molar-refractivity contribution in [1.29, 1.82) is 0 Å². The van der Waals surface area contributed by atoms with Crippen LogP contribution in [0.4, 0.5) is 0 Å². The van der Waals surface area contributed by atoms with E-state index in [4.69, 9.17) is 0 Å². The van der Waals surface area contributed by atoms with Crippen LogP contribution in [0.25, 0.3) is 0 Å². The smallest absolute Gasteiger partial charge is 0.240 e. The molecule has 0 saturated carbocycles. The van der Waals surface area contributed by atoms with Gasteiger partial charge in [0.2, 0.25) is 5.91 Å². The molecule has 1 atom stereocenters. The molecule has 1 aromatic rings. The lowest BCUT2D eigenvalue weighted by atomic mass is 10.1. The van der Waals surface area contributed by atoms with E-state index < -0.39 is 0 Å². The molecule has 0 aliphatic carbocycles. The quantitative estimate of drug-likeness (QED) is 0.908. The Labute approximate surface area is 120 Å². The lowest BCUT2D eigenvalue weighted by molar-refractivity contribution is -0.135. The zero-order chi connectivity index (χ0) is 13.1. The van der Waals surface area contributed by atoms with Crippen LogP contribution in [0, 0.1) is 0 Å². The molecule has 100 valence electrons. The third kappa shape index (κ3) is 3.12. The number of nitrogens with zero attached hydrogens (tertiary/aromatic N) is 2. The van der Waals surface area contributed by atoms with E-state index in [-0.39, 0.29) is 11.9 Å². The largest absolute Gasteiger partial charge is 0.347 e. The van der Waals surface area contributed by atoms with Crippen molar-refractivity contribution in [2.75, 3.05) is 33.7 Å². The fourth-order valence-electron chi connectivity index (χ4n) is 2.10. The minimum absolute atomic E-state index is 0.0530. The highest BCUT2D eigenvalue weighted by atomic mass is 79.9. The summed E-state index contributed by atoms with van der Waals surface area (Å²) in [6, 6.07) is 2.01. The molecule has 1 aromatic heterocycles. The Balaban J connectivity index is 2.09. The number of hydrogen-bond donors (Lipinski definition) is 1. The number of amides is 1. The maximum absolute atomic E-state index is 12.2. The van der Waals surface area contributed by atoms with Gasteiger partial charge in [0.15, 0.2) is 0 Å². The molecule has 0 bridgehead atoms. The Morgan fingerprint density at radius 1 is 1.67 bits per heavy atom. The van der Waals surface area contributed by atoms with Crippen LogP contribution in [0.3, 0.4) is 0 Å². The first-order chi connectivity index (χ1) is 8.59. The number of likely N-dealkylation sites (N-methyl/N-ethyl adjacent to an activating group) is 1. The van der Waals surface area contributed by atoms with Gasteiger partial charge in [0.25, 0.3) is 0 Å². The van der Waals surface area contributed by atoms with Crippen LogP contribution in [0.15, 0.2) is 15.9 Å². The first-order valence-corrected chi connectivity index (χ1v) is 7.64. The summed E-state index contributed by atoms with van der Waals surface area (Å²) >= 11 is 5.28. The molecule has 18 heavy (non-hydrogen) atoms. The molecule has 1 saturated heterocycles. The zero-order valence-electron chi connectivity index (χ0n) is 10.6. The van der Waals surface area contributed by atoms with Crippen molar-refractivity contribution in [3.05, 3.63) is 20.8 Å². The highest BCUT2D eigenvalue weighted by Crippen LogP contribution is 2.25. The van der Waals surface area contributed by atoms with E-state index in [9.17, 15) is 4.79 Å². The number of carbonyl (C=O) groups is 1. The summed E-state index contributed by atoms with van der Waals surface area (Å²) < 4.78 is 1.14. The fourth-order valence-corrected chi connectivity index (χ4v) is 3.60.